The van der Waals surface area contributed by atoms with Gasteiger partial charge in [0.25, 0.3) is 0 Å². The van der Waals surface area contributed by atoms with Crippen LogP contribution in [0.25, 0.3) is 0 Å². The Balaban J connectivity index is 1.79. The Labute approximate surface area is 131 Å². The molecule has 3 aliphatic rings. The lowest BCUT2D eigenvalue weighted by Gasteiger charge is -2.23. The van der Waals surface area contributed by atoms with E-state index in [0.717, 1.165) is 0 Å². The molecule has 4 atom stereocenters. The predicted octanol–water partition coefficient (Wildman–Crippen LogP) is 1.62. The molecule has 3 rings (SSSR count). The summed E-state index contributed by atoms with van der Waals surface area (Å²) in [7, 11) is 0. The molecule has 0 radical (unpaired) electrons. The molecule has 3 aliphatic heterocycles. The highest BCUT2D eigenvalue weighted by molar-refractivity contribution is 5.91. The van der Waals surface area contributed by atoms with Crippen LogP contribution in [0.2, 0.25) is 0 Å². The van der Waals surface area contributed by atoms with Crippen LogP contribution in [0, 0.1) is 23.7 Å². The van der Waals surface area contributed by atoms with Gasteiger partial charge in [0.05, 0.1) is 25.2 Å². The van der Waals surface area contributed by atoms with Crippen molar-refractivity contribution in [2.45, 2.75) is 39.4 Å². The number of likely N-dealkylation sites (tertiary alicyclic amines) is 1. The van der Waals surface area contributed by atoms with E-state index in [9.17, 15) is 9.59 Å². The Kier molecular flexibility index (Phi) is 3.79. The highest BCUT2D eigenvalue weighted by Gasteiger charge is 2.67. The molecule has 2 bridgehead atoms. The maximum Gasteiger partial charge on any atom is 0.312 e. The number of hydrogen-bond acceptors (Lipinski definition) is 4. The highest BCUT2D eigenvalue weighted by atomic mass is 16.6. The number of ether oxygens (including phenoxy) is 2. The molecule has 0 aliphatic carbocycles. The zero-order valence-electron chi connectivity index (χ0n) is 13.7. The average molecular weight is 307 g/mol. The van der Waals surface area contributed by atoms with Crippen molar-refractivity contribution in [3.05, 3.63) is 12.2 Å². The van der Waals surface area contributed by atoms with Gasteiger partial charge in [0.2, 0.25) is 5.91 Å². The van der Waals surface area contributed by atoms with Crippen molar-refractivity contribution in [2.75, 3.05) is 19.7 Å². The van der Waals surface area contributed by atoms with E-state index < -0.39 is 17.4 Å². The first-order chi connectivity index (χ1) is 10.3. The maximum absolute atomic E-state index is 12.8. The van der Waals surface area contributed by atoms with Crippen LogP contribution in [-0.2, 0) is 19.1 Å². The fourth-order valence-electron chi connectivity index (χ4n) is 3.79. The summed E-state index contributed by atoms with van der Waals surface area (Å²) in [4.78, 5) is 27.0. The molecule has 0 aromatic carbocycles. The Hall–Kier alpha value is -1.36. The first-order valence-electron chi connectivity index (χ1n) is 8.16. The molecule has 5 nitrogen and oxygen atoms in total. The molecule has 22 heavy (non-hydrogen) atoms. The fraction of sp³-hybridized carbons (Fsp3) is 0.765. The normalized spacial score (nSPS) is 35.8. The zero-order valence-corrected chi connectivity index (χ0v) is 13.7. The summed E-state index contributed by atoms with van der Waals surface area (Å²) < 4.78 is 11.4. The predicted molar refractivity (Wildman–Crippen MR) is 80.9 cm³/mol. The number of carbonyl (C=O) groups excluding carboxylic acids is 2. The van der Waals surface area contributed by atoms with Gasteiger partial charge in [-0.1, -0.05) is 39.8 Å². The summed E-state index contributed by atoms with van der Waals surface area (Å²) in [6.07, 6.45) is 3.59. The lowest BCUT2D eigenvalue weighted by molar-refractivity contribution is -0.154. The van der Waals surface area contributed by atoms with Crippen LogP contribution in [0.4, 0.5) is 0 Å². The van der Waals surface area contributed by atoms with Crippen molar-refractivity contribution in [2.24, 2.45) is 23.7 Å². The molecule has 1 spiro atoms. The van der Waals surface area contributed by atoms with Crippen LogP contribution in [0.1, 0.15) is 27.7 Å². The molecule has 0 aromatic heterocycles. The quantitative estimate of drug-likeness (QED) is 0.572. The number of nitrogens with zero attached hydrogens (tertiary/aromatic N) is 1. The SMILES string of the molecule is CC(C)COC(=O)[C@H]1[C@H]2C(=O)N(CC(C)C)C[C@]23C=C[C@H]1O3. The molecule has 0 aromatic rings. The molecule has 2 fully saturated rings. The van der Waals surface area contributed by atoms with Gasteiger partial charge in [-0.05, 0) is 11.8 Å². The number of amides is 1. The van der Waals surface area contributed by atoms with Crippen molar-refractivity contribution in [3.63, 3.8) is 0 Å². The number of hydrogen-bond donors (Lipinski definition) is 0. The maximum atomic E-state index is 12.8. The van der Waals surface area contributed by atoms with Gasteiger partial charge in [-0.15, -0.1) is 0 Å². The topological polar surface area (TPSA) is 55.8 Å². The summed E-state index contributed by atoms with van der Waals surface area (Å²) in [5.74, 6) is -0.493. The molecule has 122 valence electrons. The van der Waals surface area contributed by atoms with Gasteiger partial charge in [-0.3, -0.25) is 9.59 Å². The minimum atomic E-state index is -0.613. The third-order valence-electron chi connectivity index (χ3n) is 4.60. The molecule has 0 N–H and O–H groups in total. The highest BCUT2D eigenvalue weighted by Crippen LogP contribution is 2.52. The van der Waals surface area contributed by atoms with E-state index in [1.807, 2.05) is 30.9 Å². The molecule has 2 saturated heterocycles. The first-order valence-corrected chi connectivity index (χ1v) is 8.16. The van der Waals surface area contributed by atoms with Gasteiger partial charge in [-0.25, -0.2) is 0 Å². The smallest absolute Gasteiger partial charge is 0.312 e. The monoisotopic (exact) mass is 307 g/mol. The average Bonchev–Trinajstić information content (AvgIpc) is 3.04. The van der Waals surface area contributed by atoms with E-state index in [1.165, 1.54) is 0 Å². The molecule has 1 amide bonds. The molecule has 0 saturated carbocycles. The molecular weight excluding hydrogens is 282 g/mol. The lowest BCUT2D eigenvalue weighted by atomic mass is 9.77. The van der Waals surface area contributed by atoms with Crippen LogP contribution in [-0.4, -0.2) is 48.2 Å². The minimum Gasteiger partial charge on any atom is -0.465 e. The Morgan fingerprint density at radius 3 is 2.77 bits per heavy atom. The van der Waals surface area contributed by atoms with E-state index in [2.05, 4.69) is 13.8 Å². The number of fused-ring (bicyclic) bond motifs is 1. The van der Waals surface area contributed by atoms with Crippen molar-refractivity contribution < 1.29 is 19.1 Å². The van der Waals surface area contributed by atoms with E-state index in [1.54, 1.807) is 0 Å². The van der Waals surface area contributed by atoms with Crippen molar-refractivity contribution in [3.8, 4) is 0 Å². The van der Waals surface area contributed by atoms with E-state index >= 15 is 0 Å². The Morgan fingerprint density at radius 1 is 1.41 bits per heavy atom. The van der Waals surface area contributed by atoms with Gasteiger partial charge in [0.1, 0.15) is 11.5 Å². The van der Waals surface area contributed by atoms with E-state index in [4.69, 9.17) is 9.47 Å². The number of esters is 1. The summed E-state index contributed by atoms with van der Waals surface area (Å²) >= 11 is 0. The van der Waals surface area contributed by atoms with Crippen molar-refractivity contribution in [1.29, 1.82) is 0 Å². The Morgan fingerprint density at radius 2 is 2.14 bits per heavy atom. The second-order valence-corrected chi connectivity index (χ2v) is 7.54. The second kappa shape index (κ2) is 5.37. The van der Waals surface area contributed by atoms with Gasteiger partial charge >= 0.3 is 5.97 Å². The Bertz CT molecular complexity index is 513. The molecule has 5 heteroatoms. The van der Waals surface area contributed by atoms with Gasteiger partial charge < -0.3 is 14.4 Å². The largest absolute Gasteiger partial charge is 0.465 e. The van der Waals surface area contributed by atoms with E-state index in [-0.39, 0.29) is 23.9 Å². The minimum absolute atomic E-state index is 0.0343. The molecule has 3 heterocycles. The van der Waals surface area contributed by atoms with Crippen LogP contribution in [0.15, 0.2) is 12.2 Å². The van der Waals surface area contributed by atoms with Crippen LogP contribution in [0.5, 0.6) is 0 Å². The second-order valence-electron chi connectivity index (χ2n) is 7.54. The van der Waals surface area contributed by atoms with Crippen LogP contribution >= 0.6 is 0 Å². The summed E-state index contributed by atoms with van der Waals surface area (Å²) in [6.45, 7) is 9.80. The first kappa shape index (κ1) is 15.5. The van der Waals surface area contributed by atoms with E-state index in [0.29, 0.717) is 25.6 Å². The van der Waals surface area contributed by atoms with Gasteiger partial charge in [0.15, 0.2) is 0 Å². The number of carbonyl (C=O) groups is 2. The summed E-state index contributed by atoms with van der Waals surface area (Å²) in [5, 5.41) is 0. The summed E-state index contributed by atoms with van der Waals surface area (Å²) in [5.41, 5.74) is -0.613. The van der Waals surface area contributed by atoms with Crippen molar-refractivity contribution >= 4 is 11.9 Å². The van der Waals surface area contributed by atoms with Crippen LogP contribution < -0.4 is 0 Å². The third-order valence-corrected chi connectivity index (χ3v) is 4.60. The standard InChI is InChI=1S/C17H25NO4/c1-10(2)7-18-9-17-6-5-12(22-17)13(14(17)15(18)19)16(20)21-8-11(3)4/h5-6,10-14H,7-9H2,1-4H3/t12-,13-,14+,17-/m1/s1. The van der Waals surface area contributed by atoms with Gasteiger partial charge in [-0.2, -0.15) is 0 Å². The molecular formula is C17H25NO4. The number of rotatable bonds is 5. The third kappa shape index (κ3) is 2.35. The zero-order chi connectivity index (χ0) is 16.1. The van der Waals surface area contributed by atoms with Gasteiger partial charge in [0, 0.05) is 6.54 Å². The lowest BCUT2D eigenvalue weighted by Crippen LogP contribution is -2.40. The summed E-state index contributed by atoms with van der Waals surface area (Å²) in [6, 6.07) is 0. The fourth-order valence-corrected chi connectivity index (χ4v) is 3.79. The van der Waals surface area contributed by atoms with Crippen molar-refractivity contribution in [1.82, 2.24) is 4.90 Å². The molecule has 0 unspecified atom stereocenters. The van der Waals surface area contributed by atoms with Crippen LogP contribution in [0.3, 0.4) is 0 Å².